The second-order valence-corrected chi connectivity index (χ2v) is 7.59. The molecule has 6 nitrogen and oxygen atoms in total. The second-order valence-electron chi connectivity index (χ2n) is 6.51. The zero-order valence-electron chi connectivity index (χ0n) is 14.2. The van der Waals surface area contributed by atoms with Crippen molar-refractivity contribution in [2.75, 3.05) is 18.5 Å². The lowest BCUT2D eigenvalue weighted by atomic mass is 9.86. The molecule has 1 aromatic rings. The van der Waals surface area contributed by atoms with Gasteiger partial charge >= 0.3 is 6.09 Å². The van der Waals surface area contributed by atoms with Crippen LogP contribution in [-0.2, 0) is 22.5 Å². The highest BCUT2D eigenvalue weighted by molar-refractivity contribution is 7.15. The number of nitrogens with one attached hydrogen (secondary N) is 1. The minimum atomic E-state index is -0.478. The number of rotatable bonds is 4. The molecule has 132 valence electrons. The zero-order valence-corrected chi connectivity index (χ0v) is 15.0. The van der Waals surface area contributed by atoms with E-state index in [1.807, 2.05) is 4.90 Å². The Morgan fingerprint density at radius 3 is 2.88 bits per heavy atom. The van der Waals surface area contributed by atoms with E-state index in [1.54, 1.807) is 6.92 Å². The normalized spacial score (nSPS) is 18.1. The average Bonchev–Trinajstić information content (AvgIpc) is 2.97. The molecule has 0 radical (unpaired) electrons. The molecule has 0 spiro atoms. The number of fused-ring (bicyclic) bond motifs is 1. The van der Waals surface area contributed by atoms with E-state index >= 15 is 0 Å². The first-order chi connectivity index (χ1) is 11.7. The van der Waals surface area contributed by atoms with Crippen molar-refractivity contribution in [3.05, 3.63) is 10.6 Å². The first-order valence-electron chi connectivity index (χ1n) is 8.86. The Morgan fingerprint density at radius 2 is 2.12 bits per heavy atom. The first kappa shape index (κ1) is 17.2. The quantitative estimate of drug-likeness (QED) is 0.900. The number of thiazole rings is 1. The highest BCUT2D eigenvalue weighted by atomic mass is 32.1. The maximum absolute atomic E-state index is 12.6. The number of aromatic nitrogens is 1. The van der Waals surface area contributed by atoms with Gasteiger partial charge in [-0.3, -0.25) is 10.1 Å². The summed E-state index contributed by atoms with van der Waals surface area (Å²) >= 11 is 1.44. The van der Waals surface area contributed by atoms with Gasteiger partial charge in [0.25, 0.3) is 0 Å². The minimum Gasteiger partial charge on any atom is -0.450 e. The third-order valence-electron chi connectivity index (χ3n) is 4.76. The highest BCUT2D eigenvalue weighted by Gasteiger charge is 2.26. The number of amides is 2. The average molecular weight is 351 g/mol. The van der Waals surface area contributed by atoms with Gasteiger partial charge in [-0.1, -0.05) is 30.6 Å². The molecule has 1 aliphatic carbocycles. The number of carbonyl (C=O) groups excluding carboxylic acids is 2. The van der Waals surface area contributed by atoms with Gasteiger partial charge in [0.15, 0.2) is 5.13 Å². The molecule has 0 aromatic carbocycles. The monoisotopic (exact) mass is 351 g/mol. The number of anilines is 1. The number of carbonyl (C=O) groups is 2. The molecule has 2 heterocycles. The summed E-state index contributed by atoms with van der Waals surface area (Å²) in [5.74, 6) is 0.830. The van der Waals surface area contributed by atoms with E-state index in [9.17, 15) is 9.59 Å². The third kappa shape index (κ3) is 4.26. The van der Waals surface area contributed by atoms with Crippen molar-refractivity contribution in [3.63, 3.8) is 0 Å². The van der Waals surface area contributed by atoms with Crippen LogP contribution in [0.5, 0.6) is 0 Å². The van der Waals surface area contributed by atoms with E-state index in [0.29, 0.717) is 30.6 Å². The van der Waals surface area contributed by atoms with E-state index in [1.165, 1.54) is 43.4 Å². The van der Waals surface area contributed by atoms with Crippen molar-refractivity contribution in [3.8, 4) is 0 Å². The van der Waals surface area contributed by atoms with Gasteiger partial charge in [-0.2, -0.15) is 0 Å². The van der Waals surface area contributed by atoms with Gasteiger partial charge in [0.05, 0.1) is 18.8 Å². The molecular formula is C17H25N3O3S. The molecule has 0 atom stereocenters. The fourth-order valence-electron chi connectivity index (χ4n) is 3.48. The van der Waals surface area contributed by atoms with Gasteiger partial charge in [0.1, 0.15) is 0 Å². The van der Waals surface area contributed by atoms with Crippen molar-refractivity contribution in [2.24, 2.45) is 5.92 Å². The summed E-state index contributed by atoms with van der Waals surface area (Å²) in [5.41, 5.74) is 0.994. The van der Waals surface area contributed by atoms with Crippen molar-refractivity contribution in [1.29, 1.82) is 0 Å². The molecule has 1 N–H and O–H groups in total. The molecule has 1 saturated carbocycles. The van der Waals surface area contributed by atoms with Crippen molar-refractivity contribution in [1.82, 2.24) is 9.88 Å². The molecule has 2 aliphatic rings. The van der Waals surface area contributed by atoms with Gasteiger partial charge < -0.3 is 9.64 Å². The fraction of sp³-hybridized carbons (Fsp3) is 0.706. The summed E-state index contributed by atoms with van der Waals surface area (Å²) in [7, 11) is 0. The zero-order chi connectivity index (χ0) is 16.9. The van der Waals surface area contributed by atoms with Gasteiger partial charge in [0, 0.05) is 24.3 Å². The van der Waals surface area contributed by atoms with E-state index < -0.39 is 6.09 Å². The Morgan fingerprint density at radius 1 is 1.33 bits per heavy atom. The van der Waals surface area contributed by atoms with Crippen LogP contribution in [0.1, 0.15) is 56.0 Å². The molecule has 0 saturated heterocycles. The lowest BCUT2D eigenvalue weighted by Gasteiger charge is -2.29. The van der Waals surface area contributed by atoms with Crippen molar-refractivity contribution >= 4 is 28.5 Å². The molecule has 7 heteroatoms. The van der Waals surface area contributed by atoms with Crippen LogP contribution in [0.25, 0.3) is 0 Å². The van der Waals surface area contributed by atoms with Crippen molar-refractivity contribution in [2.45, 2.75) is 58.4 Å². The highest BCUT2D eigenvalue weighted by Crippen LogP contribution is 2.31. The summed E-state index contributed by atoms with van der Waals surface area (Å²) < 4.78 is 4.87. The predicted octanol–water partition coefficient (Wildman–Crippen LogP) is 3.57. The lowest BCUT2D eigenvalue weighted by Crippen LogP contribution is -2.36. The molecule has 3 rings (SSSR count). The van der Waals surface area contributed by atoms with E-state index in [0.717, 1.165) is 23.5 Å². The summed E-state index contributed by atoms with van der Waals surface area (Å²) in [6.07, 6.45) is 7.19. The Labute approximate surface area is 146 Å². The van der Waals surface area contributed by atoms with Crippen LogP contribution in [-0.4, -0.2) is 35.0 Å². The smallest absolute Gasteiger partial charge is 0.413 e. The van der Waals surface area contributed by atoms with E-state index in [2.05, 4.69) is 10.3 Å². The predicted molar refractivity (Wildman–Crippen MR) is 93.1 cm³/mol. The molecule has 1 fully saturated rings. The van der Waals surface area contributed by atoms with Gasteiger partial charge in [-0.15, -0.1) is 0 Å². The maximum Gasteiger partial charge on any atom is 0.413 e. The van der Waals surface area contributed by atoms with Crippen molar-refractivity contribution < 1.29 is 14.3 Å². The molecule has 2 amide bonds. The maximum atomic E-state index is 12.6. The largest absolute Gasteiger partial charge is 0.450 e. The molecule has 0 unspecified atom stereocenters. The Balaban J connectivity index is 1.56. The summed E-state index contributed by atoms with van der Waals surface area (Å²) in [5, 5.41) is 3.21. The van der Waals surface area contributed by atoms with Crippen LogP contribution in [0.15, 0.2) is 0 Å². The van der Waals surface area contributed by atoms with E-state index in [4.69, 9.17) is 4.74 Å². The minimum absolute atomic E-state index is 0.265. The van der Waals surface area contributed by atoms with Crippen LogP contribution in [0.4, 0.5) is 9.93 Å². The summed E-state index contributed by atoms with van der Waals surface area (Å²) in [4.78, 5) is 31.5. The second kappa shape index (κ2) is 7.96. The SMILES string of the molecule is CCOC(=O)Nc1nc2c(s1)CN(C(=O)CC1CCCCC1)CC2. The van der Waals surface area contributed by atoms with Crippen LogP contribution in [0.2, 0.25) is 0 Å². The number of nitrogens with zero attached hydrogens (tertiary/aromatic N) is 2. The van der Waals surface area contributed by atoms with Crippen LogP contribution in [0, 0.1) is 5.92 Å². The van der Waals surface area contributed by atoms with Gasteiger partial charge in [0.2, 0.25) is 5.91 Å². The number of ether oxygens (including phenoxy) is 1. The molecular weight excluding hydrogens is 326 g/mol. The topological polar surface area (TPSA) is 71.5 Å². The van der Waals surface area contributed by atoms with Gasteiger partial charge in [-0.25, -0.2) is 9.78 Å². The van der Waals surface area contributed by atoms with Crippen LogP contribution < -0.4 is 5.32 Å². The van der Waals surface area contributed by atoms with E-state index in [-0.39, 0.29) is 5.91 Å². The number of hydrogen-bond acceptors (Lipinski definition) is 5. The lowest BCUT2D eigenvalue weighted by molar-refractivity contribution is -0.133. The molecule has 24 heavy (non-hydrogen) atoms. The Kier molecular flexibility index (Phi) is 5.71. The number of hydrogen-bond donors (Lipinski definition) is 1. The Bertz CT molecular complexity index is 596. The third-order valence-corrected chi connectivity index (χ3v) is 5.75. The molecule has 1 aliphatic heterocycles. The summed E-state index contributed by atoms with van der Waals surface area (Å²) in [6.45, 7) is 3.44. The molecule has 0 bridgehead atoms. The van der Waals surface area contributed by atoms with Crippen LogP contribution in [0.3, 0.4) is 0 Å². The summed E-state index contributed by atoms with van der Waals surface area (Å²) in [6, 6.07) is 0. The fourth-order valence-corrected chi connectivity index (χ4v) is 4.49. The van der Waals surface area contributed by atoms with Gasteiger partial charge in [-0.05, 0) is 25.7 Å². The Hall–Kier alpha value is -1.63. The van der Waals surface area contributed by atoms with Crippen LogP contribution >= 0.6 is 11.3 Å². The first-order valence-corrected chi connectivity index (χ1v) is 9.67. The standard InChI is InChI=1S/C17H25N3O3S/c1-2-23-17(22)19-16-18-13-8-9-20(11-14(13)24-16)15(21)10-12-6-4-3-5-7-12/h12H,2-11H2,1H3,(H,18,19,22). The molecule has 1 aromatic heterocycles.